The molecule has 0 saturated heterocycles. The van der Waals surface area contributed by atoms with Crippen molar-refractivity contribution >= 4 is 6.01 Å². The number of anilines is 1. The van der Waals surface area contributed by atoms with Gasteiger partial charge in [0.15, 0.2) is 5.82 Å². The Hall–Kier alpha value is -2.18. The summed E-state index contributed by atoms with van der Waals surface area (Å²) in [5, 5.41) is 6.88. The van der Waals surface area contributed by atoms with E-state index in [9.17, 15) is 8.78 Å². The quantitative estimate of drug-likeness (QED) is 0.874. The van der Waals surface area contributed by atoms with E-state index >= 15 is 0 Å². The highest BCUT2D eigenvalue weighted by Gasteiger charge is 2.14. The standard InChI is InChI=1S/C14H17F2N3O2/c1-8(2)12-18-14(21-19-12)17-9(3)10-5-4-6-11(7-10)20-13(15)16/h4-9,13H,1-3H3,(H,17,18,19). The molecule has 1 unspecified atom stereocenters. The fourth-order valence-corrected chi connectivity index (χ4v) is 1.76. The van der Waals surface area contributed by atoms with E-state index in [2.05, 4.69) is 20.2 Å². The molecule has 1 aromatic heterocycles. The van der Waals surface area contributed by atoms with Crippen molar-refractivity contribution in [3.8, 4) is 5.75 Å². The first kappa shape index (κ1) is 15.2. The van der Waals surface area contributed by atoms with Crippen LogP contribution in [0.5, 0.6) is 5.75 Å². The van der Waals surface area contributed by atoms with Crippen LogP contribution in [-0.2, 0) is 0 Å². The van der Waals surface area contributed by atoms with Gasteiger partial charge in [-0.1, -0.05) is 31.1 Å². The van der Waals surface area contributed by atoms with Gasteiger partial charge in [0, 0.05) is 5.92 Å². The summed E-state index contributed by atoms with van der Waals surface area (Å²) in [5.41, 5.74) is 0.775. The predicted octanol–water partition coefficient (Wildman–Crippen LogP) is 3.97. The van der Waals surface area contributed by atoms with Crippen molar-refractivity contribution in [2.75, 3.05) is 5.32 Å². The van der Waals surface area contributed by atoms with E-state index in [0.29, 0.717) is 11.8 Å². The zero-order valence-electron chi connectivity index (χ0n) is 12.0. The number of aromatic nitrogens is 2. The smallest absolute Gasteiger partial charge is 0.387 e. The van der Waals surface area contributed by atoms with E-state index in [0.717, 1.165) is 5.56 Å². The molecule has 2 rings (SSSR count). The zero-order valence-corrected chi connectivity index (χ0v) is 12.0. The highest BCUT2D eigenvalue weighted by atomic mass is 19.3. The molecule has 0 aliphatic heterocycles. The maximum absolute atomic E-state index is 12.2. The average molecular weight is 297 g/mol. The van der Waals surface area contributed by atoms with Gasteiger partial charge in [-0.15, -0.1) is 0 Å². The fourth-order valence-electron chi connectivity index (χ4n) is 1.76. The SMILES string of the molecule is CC(C)c1noc(NC(C)c2cccc(OC(F)F)c2)n1. The van der Waals surface area contributed by atoms with Crippen molar-refractivity contribution in [1.29, 1.82) is 0 Å². The molecule has 2 aromatic rings. The number of nitrogens with zero attached hydrogens (tertiary/aromatic N) is 2. The van der Waals surface area contributed by atoms with E-state index in [1.165, 1.54) is 6.07 Å². The summed E-state index contributed by atoms with van der Waals surface area (Å²) in [6, 6.07) is 6.59. The maximum Gasteiger partial charge on any atom is 0.387 e. The van der Waals surface area contributed by atoms with Crippen molar-refractivity contribution in [2.24, 2.45) is 0 Å². The number of halogens is 2. The van der Waals surface area contributed by atoms with Gasteiger partial charge in [0.25, 0.3) is 0 Å². The molecule has 0 spiro atoms. The van der Waals surface area contributed by atoms with Gasteiger partial charge < -0.3 is 14.6 Å². The Morgan fingerprint density at radius 1 is 1.24 bits per heavy atom. The molecule has 0 aliphatic carbocycles. The van der Waals surface area contributed by atoms with Crippen LogP contribution in [0.3, 0.4) is 0 Å². The van der Waals surface area contributed by atoms with Crippen molar-refractivity contribution in [3.05, 3.63) is 35.7 Å². The second kappa shape index (κ2) is 6.51. The lowest BCUT2D eigenvalue weighted by molar-refractivity contribution is -0.0498. The predicted molar refractivity (Wildman–Crippen MR) is 73.5 cm³/mol. The molecule has 0 saturated carbocycles. The lowest BCUT2D eigenvalue weighted by atomic mass is 10.1. The molecule has 0 radical (unpaired) electrons. The molecule has 0 aliphatic rings. The number of hydrogen-bond acceptors (Lipinski definition) is 5. The van der Waals surface area contributed by atoms with E-state index < -0.39 is 6.61 Å². The highest BCUT2D eigenvalue weighted by Crippen LogP contribution is 2.23. The number of benzene rings is 1. The highest BCUT2D eigenvalue weighted by molar-refractivity contribution is 5.34. The van der Waals surface area contributed by atoms with E-state index in [1.54, 1.807) is 18.2 Å². The Morgan fingerprint density at radius 2 is 2.00 bits per heavy atom. The Bertz CT molecular complexity index is 587. The molecule has 1 N–H and O–H groups in total. The minimum atomic E-state index is -2.84. The minimum Gasteiger partial charge on any atom is -0.435 e. The number of alkyl halides is 2. The average Bonchev–Trinajstić information content (AvgIpc) is 2.87. The molecule has 1 atom stereocenters. The van der Waals surface area contributed by atoms with Crippen LogP contribution in [0.15, 0.2) is 28.8 Å². The number of ether oxygens (including phenoxy) is 1. The third-order valence-corrected chi connectivity index (χ3v) is 2.88. The molecule has 0 bridgehead atoms. The second-order valence-electron chi connectivity index (χ2n) is 4.93. The van der Waals surface area contributed by atoms with E-state index in [4.69, 9.17) is 4.52 Å². The first-order chi connectivity index (χ1) is 9.95. The van der Waals surface area contributed by atoms with Crippen LogP contribution in [0.4, 0.5) is 14.8 Å². The van der Waals surface area contributed by atoms with Gasteiger partial charge in [0.1, 0.15) is 5.75 Å². The van der Waals surface area contributed by atoms with Gasteiger partial charge in [0.2, 0.25) is 0 Å². The molecule has 1 aromatic carbocycles. The summed E-state index contributed by atoms with van der Waals surface area (Å²) < 4.78 is 33.9. The topological polar surface area (TPSA) is 60.2 Å². The number of nitrogens with one attached hydrogen (secondary N) is 1. The molecule has 1 heterocycles. The van der Waals surface area contributed by atoms with Crippen LogP contribution in [0.25, 0.3) is 0 Å². The summed E-state index contributed by atoms with van der Waals surface area (Å²) in [4.78, 5) is 4.21. The van der Waals surface area contributed by atoms with Crippen molar-refractivity contribution < 1.29 is 18.0 Å². The Balaban J connectivity index is 2.06. The monoisotopic (exact) mass is 297 g/mol. The Morgan fingerprint density at radius 3 is 2.62 bits per heavy atom. The van der Waals surface area contributed by atoms with Gasteiger partial charge in [-0.2, -0.15) is 13.8 Å². The van der Waals surface area contributed by atoms with Gasteiger partial charge in [-0.05, 0) is 24.6 Å². The zero-order chi connectivity index (χ0) is 15.4. The molecule has 7 heteroatoms. The number of rotatable bonds is 6. The minimum absolute atomic E-state index is 0.115. The van der Waals surface area contributed by atoms with Crippen LogP contribution in [0.1, 0.15) is 44.1 Å². The third kappa shape index (κ3) is 4.14. The fraction of sp³-hybridized carbons (Fsp3) is 0.429. The van der Waals surface area contributed by atoms with Crippen LogP contribution in [-0.4, -0.2) is 16.8 Å². The molecular formula is C14H17F2N3O2. The summed E-state index contributed by atoms with van der Waals surface area (Å²) >= 11 is 0. The second-order valence-corrected chi connectivity index (χ2v) is 4.93. The summed E-state index contributed by atoms with van der Waals surface area (Å²) in [5.74, 6) is 0.895. The van der Waals surface area contributed by atoms with Crippen molar-refractivity contribution in [1.82, 2.24) is 10.1 Å². The first-order valence-electron chi connectivity index (χ1n) is 6.60. The Kier molecular flexibility index (Phi) is 4.72. The van der Waals surface area contributed by atoms with Crippen molar-refractivity contribution in [2.45, 2.75) is 39.3 Å². The number of hydrogen-bond donors (Lipinski definition) is 1. The summed E-state index contributed by atoms with van der Waals surface area (Å²) in [6.07, 6.45) is 0. The molecule has 21 heavy (non-hydrogen) atoms. The summed E-state index contributed by atoms with van der Waals surface area (Å²) in [6.45, 7) is 2.95. The van der Waals surface area contributed by atoms with Gasteiger partial charge in [0.05, 0.1) is 6.04 Å². The van der Waals surface area contributed by atoms with Crippen LogP contribution in [0.2, 0.25) is 0 Å². The van der Waals surface area contributed by atoms with Gasteiger partial charge in [-0.25, -0.2) is 0 Å². The van der Waals surface area contributed by atoms with Crippen LogP contribution < -0.4 is 10.1 Å². The molecule has 114 valence electrons. The summed E-state index contributed by atoms with van der Waals surface area (Å²) in [7, 11) is 0. The third-order valence-electron chi connectivity index (χ3n) is 2.88. The largest absolute Gasteiger partial charge is 0.435 e. The van der Waals surface area contributed by atoms with E-state index in [-0.39, 0.29) is 17.7 Å². The molecule has 0 fully saturated rings. The van der Waals surface area contributed by atoms with Crippen LogP contribution >= 0.6 is 0 Å². The van der Waals surface area contributed by atoms with Gasteiger partial charge in [-0.3, -0.25) is 0 Å². The maximum atomic E-state index is 12.2. The Labute approximate surface area is 121 Å². The lowest BCUT2D eigenvalue weighted by Crippen LogP contribution is -2.08. The van der Waals surface area contributed by atoms with Crippen LogP contribution in [0, 0.1) is 0 Å². The molecule has 5 nitrogen and oxygen atoms in total. The molecular weight excluding hydrogens is 280 g/mol. The van der Waals surface area contributed by atoms with E-state index in [1.807, 2.05) is 20.8 Å². The van der Waals surface area contributed by atoms with Gasteiger partial charge >= 0.3 is 12.6 Å². The lowest BCUT2D eigenvalue weighted by Gasteiger charge is -2.13. The van der Waals surface area contributed by atoms with Crippen molar-refractivity contribution in [3.63, 3.8) is 0 Å². The normalized spacial score (nSPS) is 12.7. The molecule has 0 amide bonds. The first-order valence-corrected chi connectivity index (χ1v) is 6.60.